The van der Waals surface area contributed by atoms with Crippen LogP contribution >= 0.6 is 0 Å². The second kappa shape index (κ2) is 5.62. The number of carbonyl (C=O) groups excluding carboxylic acids is 1. The Morgan fingerprint density at radius 2 is 2.00 bits per heavy atom. The van der Waals surface area contributed by atoms with Crippen LogP contribution in [0.3, 0.4) is 0 Å². The SMILES string of the molecule is O=C(Nc1nc2cccc(-c3cccc(F)c3)n2n1)c1ccco1. The lowest BCUT2D eigenvalue weighted by atomic mass is 10.1. The van der Waals surface area contributed by atoms with Gasteiger partial charge in [-0.15, -0.1) is 5.10 Å². The molecule has 3 aromatic heterocycles. The predicted octanol–water partition coefficient (Wildman–Crippen LogP) is 3.38. The van der Waals surface area contributed by atoms with Gasteiger partial charge in [-0.1, -0.05) is 18.2 Å². The maximum absolute atomic E-state index is 13.5. The van der Waals surface area contributed by atoms with Gasteiger partial charge >= 0.3 is 0 Å². The third-order valence-electron chi connectivity index (χ3n) is 3.45. The van der Waals surface area contributed by atoms with E-state index in [1.54, 1.807) is 47.0 Å². The smallest absolute Gasteiger partial charge is 0.293 e. The number of anilines is 1. The monoisotopic (exact) mass is 322 g/mol. The van der Waals surface area contributed by atoms with Gasteiger partial charge in [-0.3, -0.25) is 10.1 Å². The molecule has 24 heavy (non-hydrogen) atoms. The Morgan fingerprint density at radius 1 is 1.12 bits per heavy atom. The molecule has 3 heterocycles. The van der Waals surface area contributed by atoms with Crippen LogP contribution in [0.5, 0.6) is 0 Å². The number of fused-ring (bicyclic) bond motifs is 1. The van der Waals surface area contributed by atoms with E-state index in [9.17, 15) is 9.18 Å². The van der Waals surface area contributed by atoms with Crippen molar-refractivity contribution in [2.75, 3.05) is 5.32 Å². The van der Waals surface area contributed by atoms with E-state index in [2.05, 4.69) is 15.4 Å². The molecule has 0 aliphatic carbocycles. The highest BCUT2D eigenvalue weighted by Gasteiger charge is 2.14. The van der Waals surface area contributed by atoms with Gasteiger partial charge in [0.25, 0.3) is 5.91 Å². The lowest BCUT2D eigenvalue weighted by Gasteiger charge is -2.03. The molecule has 0 aliphatic heterocycles. The number of nitrogens with one attached hydrogen (secondary N) is 1. The molecule has 7 heteroatoms. The second-order valence-corrected chi connectivity index (χ2v) is 5.06. The van der Waals surface area contributed by atoms with Crippen molar-refractivity contribution in [2.24, 2.45) is 0 Å². The van der Waals surface area contributed by atoms with Crippen molar-refractivity contribution < 1.29 is 13.6 Å². The van der Waals surface area contributed by atoms with Crippen molar-refractivity contribution in [3.8, 4) is 11.3 Å². The van der Waals surface area contributed by atoms with E-state index in [4.69, 9.17) is 4.42 Å². The normalized spacial score (nSPS) is 10.9. The highest BCUT2D eigenvalue weighted by atomic mass is 19.1. The second-order valence-electron chi connectivity index (χ2n) is 5.06. The third kappa shape index (κ3) is 2.52. The first kappa shape index (κ1) is 14.1. The molecule has 0 atom stereocenters. The lowest BCUT2D eigenvalue weighted by molar-refractivity contribution is 0.0996. The van der Waals surface area contributed by atoms with Crippen molar-refractivity contribution in [3.63, 3.8) is 0 Å². The molecule has 6 nitrogen and oxygen atoms in total. The van der Waals surface area contributed by atoms with Crippen LogP contribution in [-0.2, 0) is 0 Å². The third-order valence-corrected chi connectivity index (χ3v) is 3.45. The average molecular weight is 322 g/mol. The fraction of sp³-hybridized carbons (Fsp3) is 0. The van der Waals surface area contributed by atoms with Gasteiger partial charge in [0.1, 0.15) is 5.82 Å². The van der Waals surface area contributed by atoms with Crippen LogP contribution in [-0.4, -0.2) is 20.5 Å². The molecule has 1 amide bonds. The Morgan fingerprint density at radius 3 is 2.79 bits per heavy atom. The Balaban J connectivity index is 1.73. The number of hydrogen-bond donors (Lipinski definition) is 1. The Labute approximate surface area is 135 Å². The number of pyridine rings is 1. The number of hydrogen-bond acceptors (Lipinski definition) is 4. The van der Waals surface area contributed by atoms with Crippen LogP contribution in [0, 0.1) is 5.82 Å². The topological polar surface area (TPSA) is 72.4 Å². The molecule has 0 unspecified atom stereocenters. The molecule has 118 valence electrons. The fourth-order valence-corrected chi connectivity index (χ4v) is 2.40. The quantitative estimate of drug-likeness (QED) is 0.627. The minimum Gasteiger partial charge on any atom is -0.459 e. The summed E-state index contributed by atoms with van der Waals surface area (Å²) in [5.74, 6) is -0.473. The molecule has 4 aromatic rings. The molecule has 1 aromatic carbocycles. The lowest BCUT2D eigenvalue weighted by Crippen LogP contribution is -2.12. The van der Waals surface area contributed by atoms with E-state index >= 15 is 0 Å². The summed E-state index contributed by atoms with van der Waals surface area (Å²) in [5.41, 5.74) is 1.86. The molecule has 1 N–H and O–H groups in total. The van der Waals surface area contributed by atoms with E-state index < -0.39 is 5.91 Å². The molecule has 0 bridgehead atoms. The van der Waals surface area contributed by atoms with E-state index in [1.807, 2.05) is 0 Å². The highest BCUT2D eigenvalue weighted by Crippen LogP contribution is 2.21. The summed E-state index contributed by atoms with van der Waals surface area (Å²) >= 11 is 0. The fourth-order valence-electron chi connectivity index (χ4n) is 2.40. The first-order chi connectivity index (χ1) is 11.7. The number of rotatable bonds is 3. The van der Waals surface area contributed by atoms with Gasteiger partial charge in [-0.2, -0.15) is 4.98 Å². The molecule has 0 saturated heterocycles. The van der Waals surface area contributed by atoms with E-state index in [1.165, 1.54) is 18.4 Å². The van der Waals surface area contributed by atoms with Gasteiger partial charge < -0.3 is 4.42 Å². The van der Waals surface area contributed by atoms with Crippen LogP contribution < -0.4 is 5.32 Å². The van der Waals surface area contributed by atoms with Crippen LogP contribution in [0.2, 0.25) is 0 Å². The number of halogens is 1. The number of benzene rings is 1. The molecule has 0 saturated carbocycles. The summed E-state index contributed by atoms with van der Waals surface area (Å²) in [5, 5.41) is 6.85. The summed E-state index contributed by atoms with van der Waals surface area (Å²) in [6.45, 7) is 0. The summed E-state index contributed by atoms with van der Waals surface area (Å²) in [4.78, 5) is 16.3. The van der Waals surface area contributed by atoms with Gasteiger partial charge in [-0.25, -0.2) is 8.91 Å². The van der Waals surface area contributed by atoms with Crippen LogP contribution in [0.15, 0.2) is 65.3 Å². The van der Waals surface area contributed by atoms with Crippen molar-refractivity contribution in [3.05, 3.63) is 72.4 Å². The molecular formula is C17H11FN4O2. The largest absolute Gasteiger partial charge is 0.459 e. The number of furan rings is 1. The van der Waals surface area contributed by atoms with Crippen molar-refractivity contribution >= 4 is 17.5 Å². The van der Waals surface area contributed by atoms with Gasteiger partial charge in [0.15, 0.2) is 11.4 Å². The summed E-state index contributed by atoms with van der Waals surface area (Å²) in [6, 6.07) is 14.7. The Hall–Kier alpha value is -3.48. The van der Waals surface area contributed by atoms with E-state index in [-0.39, 0.29) is 17.5 Å². The van der Waals surface area contributed by atoms with Crippen molar-refractivity contribution in [1.82, 2.24) is 14.6 Å². The highest BCUT2D eigenvalue weighted by molar-refractivity contribution is 6.01. The molecular weight excluding hydrogens is 311 g/mol. The Kier molecular flexibility index (Phi) is 3.31. The number of amides is 1. The molecule has 0 aliphatic rings. The maximum atomic E-state index is 13.5. The number of nitrogens with zero attached hydrogens (tertiary/aromatic N) is 3. The zero-order valence-electron chi connectivity index (χ0n) is 12.3. The van der Waals surface area contributed by atoms with Crippen LogP contribution in [0.4, 0.5) is 10.3 Å². The molecule has 0 radical (unpaired) electrons. The predicted molar refractivity (Wildman–Crippen MR) is 85.0 cm³/mol. The summed E-state index contributed by atoms with van der Waals surface area (Å²) < 4.78 is 20.1. The minimum absolute atomic E-state index is 0.139. The van der Waals surface area contributed by atoms with E-state index in [0.29, 0.717) is 16.9 Å². The van der Waals surface area contributed by atoms with Crippen LogP contribution in [0.25, 0.3) is 16.9 Å². The summed E-state index contributed by atoms with van der Waals surface area (Å²) in [7, 11) is 0. The zero-order valence-corrected chi connectivity index (χ0v) is 12.3. The number of aromatic nitrogens is 3. The molecule has 0 spiro atoms. The zero-order chi connectivity index (χ0) is 16.5. The first-order valence-corrected chi connectivity index (χ1v) is 7.17. The first-order valence-electron chi connectivity index (χ1n) is 7.17. The number of carbonyl (C=O) groups is 1. The Bertz CT molecular complexity index is 1020. The van der Waals surface area contributed by atoms with Gasteiger partial charge in [0.2, 0.25) is 5.95 Å². The van der Waals surface area contributed by atoms with Gasteiger partial charge in [-0.05, 0) is 36.4 Å². The maximum Gasteiger partial charge on any atom is 0.293 e. The van der Waals surface area contributed by atoms with Gasteiger partial charge in [0.05, 0.1) is 12.0 Å². The van der Waals surface area contributed by atoms with Crippen molar-refractivity contribution in [1.29, 1.82) is 0 Å². The molecule has 0 fully saturated rings. The van der Waals surface area contributed by atoms with Crippen LogP contribution in [0.1, 0.15) is 10.6 Å². The average Bonchev–Trinajstić information content (AvgIpc) is 3.23. The molecule has 4 rings (SSSR count). The van der Waals surface area contributed by atoms with Crippen molar-refractivity contribution in [2.45, 2.75) is 0 Å². The standard InChI is InChI=1S/C17H11FN4O2/c18-12-5-1-4-11(10-12)13-6-2-8-15-19-17(21-22(13)15)20-16(23)14-7-3-9-24-14/h1-10H,(H,20,21,23). The van der Waals surface area contributed by atoms with Gasteiger partial charge in [0, 0.05) is 5.56 Å². The minimum atomic E-state index is -0.441. The summed E-state index contributed by atoms with van der Waals surface area (Å²) in [6.07, 6.45) is 1.41. The van der Waals surface area contributed by atoms with E-state index in [0.717, 1.165) is 0 Å².